The lowest BCUT2D eigenvalue weighted by atomic mass is 10.1. The van der Waals surface area contributed by atoms with Gasteiger partial charge in [-0.3, -0.25) is 14.4 Å². The highest BCUT2D eigenvalue weighted by Gasteiger charge is 2.53. The third-order valence-corrected chi connectivity index (χ3v) is 21.7. The van der Waals surface area contributed by atoms with Gasteiger partial charge in [-0.1, -0.05) is 111 Å². The summed E-state index contributed by atoms with van der Waals surface area (Å²) < 4.78 is 57.5. The SMILES string of the molecule is CC(C)c1cc(Oc2c(Cl)cc(N3N=C(C#N)C(O)N(CO[P+](O)(OCN4C(O)C(C#N)=NN(c5cc(Cl)c(Oc6cc(C(C)C)c(=O)n(C7CCCCO7)n6)c(Cl)c5)C4O)OCN4C(O)C(C#N)=NN(c5cc(Cl)c(Oc6cc(C(C)C)c(=O)n(C7CCCCO7)n6)c(Cl)c5)C4O)C3O)cc2Cl)nn(C2CCCCO2)c1=O. The zero-order valence-corrected chi connectivity index (χ0v) is 66.5. The maximum absolute atomic E-state index is 13.6. The molecule has 12 rings (SSSR count). The van der Waals surface area contributed by atoms with Crippen LogP contribution in [0.4, 0.5) is 17.1 Å². The van der Waals surface area contributed by atoms with Gasteiger partial charge in [-0.2, -0.15) is 64.7 Å². The lowest BCUT2D eigenvalue weighted by Crippen LogP contribution is -2.59. The molecule has 9 atom stereocenters. The Morgan fingerprint density at radius 2 is 0.681 bits per heavy atom. The first-order valence-electron chi connectivity index (χ1n) is 35.4. The van der Waals surface area contributed by atoms with Gasteiger partial charge in [0.25, 0.3) is 16.7 Å². The molecule has 3 saturated heterocycles. The third kappa shape index (κ3) is 18.2. The van der Waals surface area contributed by atoms with Crippen LogP contribution < -0.4 is 45.9 Å². The molecule has 6 aliphatic heterocycles. The molecule has 3 fully saturated rings. The van der Waals surface area contributed by atoms with E-state index in [0.29, 0.717) is 70.5 Å². The molecule has 0 aliphatic carbocycles. The second kappa shape index (κ2) is 36.1. The molecule has 0 saturated carbocycles. The zero-order valence-electron chi connectivity index (χ0n) is 61.0. The Labute approximate surface area is 674 Å². The molecule has 113 heavy (non-hydrogen) atoms. The number of aliphatic hydroxyl groups is 6. The predicted octanol–water partition coefficient (Wildman–Crippen LogP) is 9.90. The first-order chi connectivity index (χ1) is 53.9. The number of aliphatic hydroxyl groups excluding tert-OH is 6. The normalized spacial score (nSPS) is 23.3. The van der Waals surface area contributed by atoms with Crippen LogP contribution in [0.2, 0.25) is 30.1 Å². The highest BCUT2D eigenvalue weighted by Crippen LogP contribution is 2.59. The van der Waals surface area contributed by atoms with E-state index < -0.39 is 119 Å². The van der Waals surface area contributed by atoms with Crippen molar-refractivity contribution in [2.75, 3.05) is 55.0 Å². The maximum atomic E-state index is 13.6. The number of aromatic nitrogens is 6. The van der Waals surface area contributed by atoms with Crippen LogP contribution >= 0.6 is 77.8 Å². The number of rotatable bonds is 24. The van der Waals surface area contributed by atoms with Crippen LogP contribution in [0.15, 0.2) is 84.3 Å². The summed E-state index contributed by atoms with van der Waals surface area (Å²) in [6, 6.07) is 16.7. The van der Waals surface area contributed by atoms with Crippen LogP contribution in [-0.4, -0.2) is 174 Å². The van der Waals surface area contributed by atoms with Crippen molar-refractivity contribution >= 4 is 112 Å². The van der Waals surface area contributed by atoms with Crippen LogP contribution in [-0.2, 0) is 27.8 Å². The van der Waals surface area contributed by atoms with Gasteiger partial charge in [0.1, 0.15) is 18.2 Å². The van der Waals surface area contributed by atoms with Crippen molar-refractivity contribution in [2.45, 2.75) is 174 Å². The van der Waals surface area contributed by atoms with Gasteiger partial charge in [0.15, 0.2) is 91.9 Å². The van der Waals surface area contributed by atoms with E-state index in [1.54, 1.807) is 18.2 Å². The summed E-state index contributed by atoms with van der Waals surface area (Å²) in [7, 11) is -5.43. The number of nitrogens with zero attached hydrogens (tertiary/aromatic N) is 18. The van der Waals surface area contributed by atoms with Crippen LogP contribution in [0.25, 0.3) is 0 Å². The summed E-state index contributed by atoms with van der Waals surface area (Å²) in [6.45, 7) is 8.28. The molecule has 0 bridgehead atoms. The Morgan fingerprint density at radius 3 is 0.894 bits per heavy atom. The molecule has 3 aromatic carbocycles. The van der Waals surface area contributed by atoms with Crippen molar-refractivity contribution < 1.29 is 77.5 Å². The number of nitriles is 3. The second-order valence-corrected chi connectivity index (χ2v) is 31.4. The quantitative estimate of drug-likeness (QED) is 0.0277. The minimum Gasteiger partial charge on any atom is -0.434 e. The van der Waals surface area contributed by atoms with Crippen molar-refractivity contribution in [3.8, 4) is 53.1 Å². The first-order valence-corrected chi connectivity index (χ1v) is 39.2. The van der Waals surface area contributed by atoms with Gasteiger partial charge >= 0.3 is 8.17 Å². The van der Waals surface area contributed by atoms with Crippen molar-refractivity contribution in [1.82, 2.24) is 44.0 Å². The fraction of sp³-hybridized carbons (Fsp3) is 0.478. The van der Waals surface area contributed by atoms with E-state index in [4.69, 9.17) is 112 Å². The molecule has 0 radical (unpaired) electrons. The number of hydrazone groups is 3. The summed E-state index contributed by atoms with van der Waals surface area (Å²) in [6.07, 6.45) is -9.11. The summed E-state index contributed by atoms with van der Waals surface area (Å²) in [5, 5.41) is 130. The summed E-state index contributed by atoms with van der Waals surface area (Å²) in [4.78, 5) is 55.5. The molecule has 44 heteroatoms. The molecule has 37 nitrogen and oxygen atoms in total. The molecule has 9 unspecified atom stereocenters. The van der Waals surface area contributed by atoms with Crippen molar-refractivity contribution in [3.63, 3.8) is 0 Å². The maximum Gasteiger partial charge on any atom is 0.576 e. The lowest BCUT2D eigenvalue weighted by molar-refractivity contribution is -0.146. The zero-order chi connectivity index (χ0) is 81.2. The van der Waals surface area contributed by atoms with Gasteiger partial charge in [-0.15, -0.1) is 28.9 Å². The number of ether oxygens (including phenoxy) is 6. The Hall–Kier alpha value is -7.89. The number of halogens is 6. The van der Waals surface area contributed by atoms with Gasteiger partial charge in [0.05, 0.1) is 47.2 Å². The molecule has 6 aromatic rings. The van der Waals surface area contributed by atoms with E-state index in [-0.39, 0.29) is 99.8 Å². The van der Waals surface area contributed by atoms with Gasteiger partial charge in [-0.05, 0) is 112 Å². The first kappa shape index (κ1) is 84.5. The summed E-state index contributed by atoms with van der Waals surface area (Å²) >= 11 is 41.2. The van der Waals surface area contributed by atoms with Gasteiger partial charge in [-0.25, -0.2) is 15.0 Å². The van der Waals surface area contributed by atoms with Crippen LogP contribution in [0.3, 0.4) is 0 Å². The highest BCUT2D eigenvalue weighted by molar-refractivity contribution is 7.55. The van der Waals surface area contributed by atoms with Crippen LogP contribution in [0.1, 0.15) is 152 Å². The fourth-order valence-corrected chi connectivity index (χ4v) is 15.3. The second-order valence-electron chi connectivity index (χ2n) is 27.3. The average molecular weight is 1710 g/mol. The van der Waals surface area contributed by atoms with Gasteiger partial charge in [0, 0.05) is 54.7 Å². The Morgan fingerprint density at radius 1 is 0.434 bits per heavy atom. The summed E-state index contributed by atoms with van der Waals surface area (Å²) in [5.41, 5.74) is -2.80. The Kier molecular flexibility index (Phi) is 27.0. The molecule has 6 aliphatic rings. The van der Waals surface area contributed by atoms with Crippen molar-refractivity contribution in [1.29, 1.82) is 15.8 Å². The number of anilines is 3. The van der Waals surface area contributed by atoms with Gasteiger partial charge < -0.3 is 59.1 Å². The molecule has 602 valence electrons. The molecule has 9 heterocycles. The smallest absolute Gasteiger partial charge is 0.434 e. The molecule has 3 aromatic heterocycles. The van der Waals surface area contributed by atoms with E-state index in [9.17, 15) is 65.7 Å². The number of benzene rings is 3. The largest absolute Gasteiger partial charge is 0.576 e. The minimum atomic E-state index is -5.43. The third-order valence-electron chi connectivity index (χ3n) is 18.7. The Balaban J connectivity index is 0.838. The molecule has 7 N–H and O–H groups in total. The minimum absolute atomic E-state index is 0.0853. The monoisotopic (exact) mass is 1700 g/mol. The topological polar surface area (TPSA) is 457 Å². The van der Waals surface area contributed by atoms with E-state index in [1.807, 2.05) is 41.5 Å². The van der Waals surface area contributed by atoms with Crippen LogP contribution in [0, 0.1) is 34.0 Å². The number of hydrogen-bond acceptors (Lipinski definition) is 34. The summed E-state index contributed by atoms with van der Waals surface area (Å²) in [5.74, 6) is -1.66. The van der Waals surface area contributed by atoms with E-state index in [1.165, 1.54) is 68.6 Å². The average Bonchev–Trinajstić information content (AvgIpc) is 0.784. The molecule has 0 spiro atoms. The Bertz CT molecular complexity index is 4440. The van der Waals surface area contributed by atoms with Crippen molar-refractivity contribution in [3.05, 3.63) is 132 Å². The number of hydrogen-bond donors (Lipinski definition) is 7. The fourth-order valence-electron chi connectivity index (χ4n) is 12.6. The van der Waals surface area contributed by atoms with Crippen molar-refractivity contribution in [2.24, 2.45) is 15.3 Å². The van der Waals surface area contributed by atoms with Crippen LogP contribution in [0.5, 0.6) is 34.9 Å². The standard InChI is InChI=1S/C69H76Cl6N18O19P/c1-34(2)40-25-52(82-91(61(40)94)55-13-7-10-16-104-55)110-58-43(70)19-37(20-44(58)71)88-67(100)85(64(97)49(28-76)79-88)31-107-113(103,108-32-86-65(98)50(29-77)80-89(68(86)101)38-21-45(72)59(46(73)22-38)111-53-26-41(35(3)4)62(95)92(83-53)56-14-8-11-17-105-56)109-33-87-66(99)51(30-78)81-90(69(87)102)39-23-47(74)60(48(75)24-39)112-54-27-42(36(5)6)63(96)93(84-54)57-15-9-12-18-106-57/h19-27,34-36,55-57,64-69,97-103H,7-18,31-33H2,1-6H3/q+1. The molecule has 0 amide bonds. The van der Waals surface area contributed by atoms with E-state index in [0.717, 1.165) is 53.6 Å². The van der Waals surface area contributed by atoms with E-state index in [2.05, 4.69) is 30.6 Å². The lowest BCUT2D eigenvalue weighted by Gasteiger charge is -2.41. The molecular weight excluding hydrogens is 1630 g/mol. The molecular formula is C69H76Cl6N18O19P+. The highest BCUT2D eigenvalue weighted by atomic mass is 35.5. The van der Waals surface area contributed by atoms with E-state index >= 15 is 0 Å². The van der Waals surface area contributed by atoms with Gasteiger partial charge in [0.2, 0.25) is 36.7 Å². The predicted molar refractivity (Wildman–Crippen MR) is 409 cm³/mol.